The lowest BCUT2D eigenvalue weighted by atomic mass is 10.1. The minimum absolute atomic E-state index is 0. The number of amides is 1. The summed E-state index contributed by atoms with van der Waals surface area (Å²) in [6.45, 7) is 3.16. The van der Waals surface area contributed by atoms with E-state index in [2.05, 4.69) is 25.7 Å². The molecule has 1 saturated heterocycles. The molecule has 2 N–H and O–H groups in total. The molecule has 1 aliphatic rings. The summed E-state index contributed by atoms with van der Waals surface area (Å²) in [5.74, 6) is 0.307. The monoisotopic (exact) mass is 324 g/mol. The van der Waals surface area contributed by atoms with Gasteiger partial charge in [0, 0.05) is 18.9 Å². The van der Waals surface area contributed by atoms with E-state index in [0.29, 0.717) is 24.8 Å². The Morgan fingerprint density at radius 2 is 2.23 bits per heavy atom. The number of hydrogen-bond donors (Lipinski definition) is 2. The Hall–Kier alpha value is -2.03. The highest BCUT2D eigenvalue weighted by Gasteiger charge is 2.28. The lowest BCUT2D eigenvalue weighted by molar-refractivity contribution is -0.123. The highest BCUT2D eigenvalue weighted by molar-refractivity contribution is 5.95. The third kappa shape index (κ3) is 3.59. The topological polar surface area (TPSA) is 94.0 Å². The van der Waals surface area contributed by atoms with E-state index in [1.165, 1.54) is 4.68 Å². The van der Waals surface area contributed by atoms with E-state index in [0.717, 1.165) is 0 Å². The summed E-state index contributed by atoms with van der Waals surface area (Å²) in [5.41, 5.74) is 0.590. The van der Waals surface area contributed by atoms with Crippen LogP contribution in [0.15, 0.2) is 30.9 Å². The SMILES string of the molecule is C[C@H]1OCCN[C@@H]1C(=O)Nc1cnn(-c2ncccn2)c1.Cl. The van der Waals surface area contributed by atoms with Crippen molar-refractivity contribution in [3.05, 3.63) is 30.9 Å². The Labute approximate surface area is 133 Å². The van der Waals surface area contributed by atoms with Crippen LogP contribution in [0.1, 0.15) is 6.92 Å². The molecule has 9 heteroatoms. The van der Waals surface area contributed by atoms with E-state index in [1.54, 1.807) is 30.9 Å². The fraction of sp³-hybridized carbons (Fsp3) is 0.385. The number of ether oxygens (including phenoxy) is 1. The molecule has 0 saturated carbocycles. The smallest absolute Gasteiger partial charge is 0.250 e. The number of rotatable bonds is 3. The first-order valence-electron chi connectivity index (χ1n) is 6.72. The molecule has 2 aromatic rings. The lowest BCUT2D eigenvalue weighted by Crippen LogP contribution is -2.53. The van der Waals surface area contributed by atoms with Crippen molar-refractivity contribution in [1.82, 2.24) is 25.1 Å². The van der Waals surface area contributed by atoms with E-state index in [1.807, 2.05) is 6.92 Å². The molecule has 0 spiro atoms. The van der Waals surface area contributed by atoms with Crippen molar-refractivity contribution in [3.63, 3.8) is 0 Å². The molecule has 0 unspecified atom stereocenters. The molecule has 2 aromatic heterocycles. The number of carbonyl (C=O) groups is 1. The predicted octanol–water partition coefficient (Wildman–Crippen LogP) is 0.400. The molecule has 118 valence electrons. The van der Waals surface area contributed by atoms with E-state index in [4.69, 9.17) is 4.74 Å². The van der Waals surface area contributed by atoms with Crippen LogP contribution in [0.2, 0.25) is 0 Å². The van der Waals surface area contributed by atoms with Crippen molar-refractivity contribution in [2.45, 2.75) is 19.1 Å². The lowest BCUT2D eigenvalue weighted by Gasteiger charge is -2.29. The third-order valence-electron chi connectivity index (χ3n) is 3.21. The van der Waals surface area contributed by atoms with Crippen LogP contribution >= 0.6 is 12.4 Å². The van der Waals surface area contributed by atoms with Crippen molar-refractivity contribution in [1.29, 1.82) is 0 Å². The molecule has 1 aliphatic heterocycles. The van der Waals surface area contributed by atoms with Gasteiger partial charge in [-0.2, -0.15) is 5.10 Å². The molecule has 3 rings (SSSR count). The van der Waals surface area contributed by atoms with Gasteiger partial charge in [-0.25, -0.2) is 14.6 Å². The van der Waals surface area contributed by atoms with Gasteiger partial charge in [-0.3, -0.25) is 4.79 Å². The second kappa shape index (κ2) is 7.30. The van der Waals surface area contributed by atoms with Gasteiger partial charge in [0.25, 0.3) is 0 Å². The summed E-state index contributed by atoms with van der Waals surface area (Å²) in [5, 5.41) is 10.1. The molecule has 8 nitrogen and oxygen atoms in total. The number of carbonyl (C=O) groups excluding carboxylic acids is 1. The van der Waals surface area contributed by atoms with Crippen LogP contribution in [0.4, 0.5) is 5.69 Å². The molecule has 0 radical (unpaired) electrons. The van der Waals surface area contributed by atoms with Crippen molar-refractivity contribution in [2.24, 2.45) is 0 Å². The van der Waals surface area contributed by atoms with E-state index in [-0.39, 0.29) is 30.5 Å². The fourth-order valence-electron chi connectivity index (χ4n) is 2.15. The summed E-state index contributed by atoms with van der Waals surface area (Å²) in [6.07, 6.45) is 6.33. The number of morpholine rings is 1. The maximum atomic E-state index is 12.2. The highest BCUT2D eigenvalue weighted by Crippen LogP contribution is 2.11. The van der Waals surface area contributed by atoms with Crippen LogP contribution in [-0.2, 0) is 9.53 Å². The van der Waals surface area contributed by atoms with Crippen molar-refractivity contribution in [3.8, 4) is 5.95 Å². The summed E-state index contributed by atoms with van der Waals surface area (Å²) < 4.78 is 6.96. The summed E-state index contributed by atoms with van der Waals surface area (Å²) >= 11 is 0. The minimum Gasteiger partial charge on any atom is -0.375 e. The maximum Gasteiger partial charge on any atom is 0.250 e. The van der Waals surface area contributed by atoms with Crippen molar-refractivity contribution in [2.75, 3.05) is 18.5 Å². The van der Waals surface area contributed by atoms with Gasteiger partial charge in [0.1, 0.15) is 6.04 Å². The van der Waals surface area contributed by atoms with Gasteiger partial charge >= 0.3 is 0 Å². The summed E-state index contributed by atoms with van der Waals surface area (Å²) in [7, 11) is 0. The average Bonchev–Trinajstić information content (AvgIpc) is 2.97. The van der Waals surface area contributed by atoms with Crippen LogP contribution in [-0.4, -0.2) is 51.0 Å². The second-order valence-electron chi connectivity index (χ2n) is 4.72. The molecule has 3 heterocycles. The van der Waals surface area contributed by atoms with E-state index in [9.17, 15) is 4.79 Å². The number of aromatic nitrogens is 4. The first kappa shape index (κ1) is 16.3. The van der Waals surface area contributed by atoms with E-state index < -0.39 is 0 Å². The molecular weight excluding hydrogens is 308 g/mol. The minimum atomic E-state index is -0.366. The Morgan fingerprint density at radius 1 is 1.45 bits per heavy atom. The molecule has 0 aromatic carbocycles. The number of nitrogens with zero attached hydrogens (tertiary/aromatic N) is 4. The first-order valence-corrected chi connectivity index (χ1v) is 6.72. The largest absolute Gasteiger partial charge is 0.375 e. The zero-order valence-electron chi connectivity index (χ0n) is 12.0. The average molecular weight is 325 g/mol. The Kier molecular flexibility index (Phi) is 5.42. The normalized spacial score (nSPS) is 21.0. The number of hydrogen-bond acceptors (Lipinski definition) is 6. The number of halogens is 1. The molecular formula is C13H17ClN6O2. The Bertz CT molecular complexity index is 620. The number of anilines is 1. The molecule has 0 bridgehead atoms. The highest BCUT2D eigenvalue weighted by atomic mass is 35.5. The van der Waals surface area contributed by atoms with E-state index >= 15 is 0 Å². The maximum absolute atomic E-state index is 12.2. The molecule has 1 amide bonds. The van der Waals surface area contributed by atoms with Crippen LogP contribution in [0.3, 0.4) is 0 Å². The quantitative estimate of drug-likeness (QED) is 0.849. The molecule has 1 fully saturated rings. The van der Waals surface area contributed by atoms with Gasteiger partial charge in [-0.15, -0.1) is 12.4 Å². The van der Waals surface area contributed by atoms with Crippen LogP contribution < -0.4 is 10.6 Å². The predicted molar refractivity (Wildman–Crippen MR) is 82.2 cm³/mol. The Balaban J connectivity index is 0.00000176. The van der Waals surface area contributed by atoms with Crippen LogP contribution in [0.25, 0.3) is 5.95 Å². The molecule has 22 heavy (non-hydrogen) atoms. The third-order valence-corrected chi connectivity index (χ3v) is 3.21. The van der Waals surface area contributed by atoms with Crippen molar-refractivity contribution < 1.29 is 9.53 Å². The van der Waals surface area contributed by atoms with Gasteiger partial charge in [-0.1, -0.05) is 0 Å². The van der Waals surface area contributed by atoms with Gasteiger partial charge < -0.3 is 15.4 Å². The Morgan fingerprint density at radius 3 is 2.95 bits per heavy atom. The first-order chi connectivity index (χ1) is 10.2. The van der Waals surface area contributed by atoms with Gasteiger partial charge in [0.15, 0.2) is 0 Å². The van der Waals surface area contributed by atoms with Crippen LogP contribution in [0, 0.1) is 0 Å². The molecule has 2 atom stereocenters. The fourth-order valence-corrected chi connectivity index (χ4v) is 2.15. The number of nitrogens with one attached hydrogen (secondary N) is 2. The zero-order valence-corrected chi connectivity index (χ0v) is 12.8. The summed E-state index contributed by atoms with van der Waals surface area (Å²) in [4.78, 5) is 20.4. The van der Waals surface area contributed by atoms with Crippen molar-refractivity contribution >= 4 is 24.0 Å². The standard InChI is InChI=1S/C13H16N6O2.ClH/c1-9-11(14-5-6-21-9)12(20)18-10-7-17-19(8-10)13-15-3-2-4-16-13;/h2-4,7-9,11,14H,5-6H2,1H3,(H,18,20);1H/t9-,11+;/m1./s1. The second-order valence-corrected chi connectivity index (χ2v) is 4.72. The zero-order chi connectivity index (χ0) is 14.7. The van der Waals surface area contributed by atoms with Gasteiger partial charge in [-0.05, 0) is 13.0 Å². The van der Waals surface area contributed by atoms with Crippen LogP contribution in [0.5, 0.6) is 0 Å². The molecule has 0 aliphatic carbocycles. The van der Waals surface area contributed by atoms with Gasteiger partial charge in [0.05, 0.1) is 30.8 Å². The van der Waals surface area contributed by atoms with Gasteiger partial charge in [0.2, 0.25) is 11.9 Å². The summed E-state index contributed by atoms with van der Waals surface area (Å²) in [6, 6.07) is 1.36.